The number of alkyl halides is 1. The summed E-state index contributed by atoms with van der Waals surface area (Å²) in [5.41, 5.74) is 1.08. The van der Waals surface area contributed by atoms with Crippen molar-refractivity contribution in [3.05, 3.63) is 88.4 Å². The molecule has 0 N–H and O–H groups in total. The highest BCUT2D eigenvalue weighted by molar-refractivity contribution is 7.80. The number of nitrogens with zero attached hydrogens (tertiary/aromatic N) is 2. The molecule has 0 aliphatic carbocycles. The van der Waals surface area contributed by atoms with E-state index >= 15 is 0 Å². The maximum atomic E-state index is 6.63. The van der Waals surface area contributed by atoms with E-state index in [1.807, 2.05) is 24.3 Å². The first-order valence-electron chi connectivity index (χ1n) is 7.38. The van der Waals surface area contributed by atoms with Crippen molar-refractivity contribution in [2.45, 2.75) is 11.6 Å². The summed E-state index contributed by atoms with van der Waals surface area (Å²) in [7, 11) is 0. The van der Waals surface area contributed by atoms with Crippen LogP contribution in [0.3, 0.4) is 0 Å². The molecule has 1 heterocycles. The highest BCUT2D eigenvalue weighted by Crippen LogP contribution is 2.34. The molecule has 7 heteroatoms. The maximum absolute atomic E-state index is 6.63. The molecule has 0 aliphatic rings. The lowest BCUT2D eigenvalue weighted by atomic mass is 10.1. The quantitative estimate of drug-likeness (QED) is 0.377. The van der Waals surface area contributed by atoms with Gasteiger partial charge in [0.25, 0.3) is 0 Å². The van der Waals surface area contributed by atoms with Crippen molar-refractivity contribution in [2.75, 3.05) is 0 Å². The Balaban J connectivity index is 1.89. The minimum atomic E-state index is -0.533. The van der Waals surface area contributed by atoms with Crippen molar-refractivity contribution < 1.29 is 4.74 Å². The Labute approximate surface area is 166 Å². The molecule has 0 spiro atoms. The third-order valence-electron chi connectivity index (χ3n) is 3.57. The molecule has 25 heavy (non-hydrogen) atoms. The standard InChI is InChI=1S/C18H13Cl3N2OS/c19-14-5-1-12(2-6-14)16(17(21)23-10-9-22-11-23)24-18(25)13-3-7-15(20)8-4-13/h1-11,16-17H. The summed E-state index contributed by atoms with van der Waals surface area (Å²) in [6, 6.07) is 14.4. The monoisotopic (exact) mass is 410 g/mol. The van der Waals surface area contributed by atoms with E-state index in [4.69, 9.17) is 51.8 Å². The summed E-state index contributed by atoms with van der Waals surface area (Å²) in [6.07, 6.45) is 4.55. The Hall–Kier alpha value is -1.59. The first-order valence-corrected chi connectivity index (χ1v) is 8.98. The molecule has 3 rings (SSSR count). The van der Waals surface area contributed by atoms with E-state index in [2.05, 4.69) is 4.98 Å². The molecule has 2 atom stereocenters. The van der Waals surface area contributed by atoms with Gasteiger partial charge in [-0.3, -0.25) is 0 Å². The number of aromatic nitrogens is 2. The van der Waals surface area contributed by atoms with Gasteiger partial charge in [-0.05, 0) is 54.2 Å². The number of imidazole rings is 1. The SMILES string of the molecule is S=C(OC(c1ccc(Cl)cc1)C(Cl)n1ccnc1)c1ccc(Cl)cc1. The Morgan fingerprint density at radius 1 is 1.00 bits per heavy atom. The second kappa shape index (κ2) is 8.19. The van der Waals surface area contributed by atoms with Crippen LogP contribution in [0.25, 0.3) is 0 Å². The van der Waals surface area contributed by atoms with Crippen LogP contribution in [0.4, 0.5) is 0 Å². The van der Waals surface area contributed by atoms with Crippen LogP contribution in [0, 0.1) is 0 Å². The van der Waals surface area contributed by atoms with Crippen molar-refractivity contribution >= 4 is 52.1 Å². The van der Waals surface area contributed by atoms with Crippen molar-refractivity contribution in [3.63, 3.8) is 0 Å². The topological polar surface area (TPSA) is 27.1 Å². The van der Waals surface area contributed by atoms with Crippen molar-refractivity contribution in [2.24, 2.45) is 0 Å². The predicted octanol–water partition coefficient (Wildman–Crippen LogP) is 6.06. The number of thiocarbonyl (C=S) groups is 1. The van der Waals surface area contributed by atoms with Gasteiger partial charge in [0, 0.05) is 28.0 Å². The van der Waals surface area contributed by atoms with Crippen LogP contribution in [0.1, 0.15) is 22.7 Å². The number of rotatable bonds is 5. The zero-order valence-electron chi connectivity index (χ0n) is 12.9. The first kappa shape index (κ1) is 18.2. The predicted molar refractivity (Wildman–Crippen MR) is 106 cm³/mol. The Kier molecular flexibility index (Phi) is 5.97. The number of hydrogen-bond donors (Lipinski definition) is 0. The molecule has 2 unspecified atom stereocenters. The Bertz CT molecular complexity index is 836. The number of benzene rings is 2. The van der Waals surface area contributed by atoms with Crippen molar-refractivity contribution in [3.8, 4) is 0 Å². The average molecular weight is 412 g/mol. The fourth-order valence-electron chi connectivity index (χ4n) is 2.28. The second-order valence-corrected chi connectivity index (χ2v) is 6.96. The number of hydrogen-bond acceptors (Lipinski definition) is 3. The molecule has 0 radical (unpaired) electrons. The highest BCUT2D eigenvalue weighted by Gasteiger charge is 2.26. The van der Waals surface area contributed by atoms with E-state index in [1.54, 1.807) is 47.6 Å². The van der Waals surface area contributed by atoms with Crippen LogP contribution in [0.15, 0.2) is 67.3 Å². The van der Waals surface area contributed by atoms with Crippen LogP contribution < -0.4 is 0 Å². The van der Waals surface area contributed by atoms with Crippen molar-refractivity contribution in [1.82, 2.24) is 9.55 Å². The number of halogens is 3. The maximum Gasteiger partial charge on any atom is 0.191 e. The molecule has 0 amide bonds. The number of ether oxygens (including phenoxy) is 1. The normalized spacial score (nSPS) is 13.2. The molecule has 0 aliphatic heterocycles. The van der Waals surface area contributed by atoms with Gasteiger partial charge in [-0.2, -0.15) is 0 Å². The fourth-order valence-corrected chi connectivity index (χ4v) is 3.08. The fraction of sp³-hybridized carbons (Fsp3) is 0.111. The lowest BCUT2D eigenvalue weighted by molar-refractivity contribution is 0.168. The van der Waals surface area contributed by atoms with Gasteiger partial charge >= 0.3 is 0 Å². The van der Waals surface area contributed by atoms with E-state index in [0.29, 0.717) is 15.1 Å². The summed E-state index contributed by atoms with van der Waals surface area (Å²) in [5, 5.41) is 1.60. The molecule has 3 nitrogen and oxygen atoms in total. The van der Waals surface area contributed by atoms with E-state index in [0.717, 1.165) is 11.1 Å². The largest absolute Gasteiger partial charge is 0.471 e. The molecule has 0 saturated heterocycles. The third-order valence-corrected chi connectivity index (χ3v) is 4.86. The van der Waals surface area contributed by atoms with E-state index < -0.39 is 11.6 Å². The molecular formula is C18H13Cl3N2OS. The molecule has 3 aromatic rings. The van der Waals surface area contributed by atoms with Gasteiger partial charge in [0.1, 0.15) is 5.50 Å². The van der Waals surface area contributed by atoms with E-state index in [1.165, 1.54) is 0 Å². The smallest absolute Gasteiger partial charge is 0.191 e. The highest BCUT2D eigenvalue weighted by atomic mass is 35.5. The van der Waals surface area contributed by atoms with Gasteiger partial charge in [-0.15, -0.1) is 0 Å². The first-order chi connectivity index (χ1) is 12.0. The van der Waals surface area contributed by atoms with Crippen LogP contribution in [0.2, 0.25) is 10.0 Å². The lowest BCUT2D eigenvalue weighted by Gasteiger charge is -2.25. The summed E-state index contributed by atoms with van der Waals surface area (Å²) in [6.45, 7) is 0. The molecule has 1 aromatic heterocycles. The molecule has 128 valence electrons. The van der Waals surface area contributed by atoms with Gasteiger partial charge < -0.3 is 9.30 Å². The summed E-state index contributed by atoms with van der Waals surface area (Å²) >= 11 is 24.0. The second-order valence-electron chi connectivity index (χ2n) is 5.27. The minimum Gasteiger partial charge on any atom is -0.471 e. The molecule has 2 aromatic carbocycles. The Morgan fingerprint density at radius 2 is 1.60 bits per heavy atom. The molecular weight excluding hydrogens is 399 g/mol. The minimum absolute atomic E-state index is 0.336. The average Bonchev–Trinajstić information content (AvgIpc) is 3.15. The Morgan fingerprint density at radius 3 is 2.16 bits per heavy atom. The lowest BCUT2D eigenvalue weighted by Crippen LogP contribution is -2.18. The van der Waals surface area contributed by atoms with Gasteiger partial charge in [-0.1, -0.05) is 46.9 Å². The molecule has 0 fully saturated rings. The molecule has 0 saturated carbocycles. The van der Waals surface area contributed by atoms with Gasteiger partial charge in [-0.25, -0.2) is 4.98 Å². The van der Waals surface area contributed by atoms with Crippen LogP contribution >= 0.6 is 47.0 Å². The van der Waals surface area contributed by atoms with Crippen LogP contribution in [-0.4, -0.2) is 14.6 Å². The third kappa shape index (κ3) is 4.53. The van der Waals surface area contributed by atoms with Crippen molar-refractivity contribution in [1.29, 1.82) is 0 Å². The molecule has 0 bridgehead atoms. The summed E-state index contributed by atoms with van der Waals surface area (Å²) in [4.78, 5) is 4.03. The van der Waals surface area contributed by atoms with Gasteiger partial charge in [0.2, 0.25) is 0 Å². The summed E-state index contributed by atoms with van der Waals surface area (Å²) in [5.74, 6) is 0. The van der Waals surface area contributed by atoms with Crippen LogP contribution in [0.5, 0.6) is 0 Å². The van der Waals surface area contributed by atoms with E-state index in [-0.39, 0.29) is 0 Å². The van der Waals surface area contributed by atoms with Gasteiger partial charge in [0.05, 0.1) is 6.33 Å². The van der Waals surface area contributed by atoms with Gasteiger partial charge in [0.15, 0.2) is 11.2 Å². The zero-order chi connectivity index (χ0) is 17.8. The summed E-state index contributed by atoms with van der Waals surface area (Å²) < 4.78 is 7.81. The zero-order valence-corrected chi connectivity index (χ0v) is 15.9. The van der Waals surface area contributed by atoms with Crippen LogP contribution in [-0.2, 0) is 4.74 Å². The van der Waals surface area contributed by atoms with E-state index in [9.17, 15) is 0 Å².